The molecule has 1 aliphatic rings. The van der Waals surface area contributed by atoms with Crippen molar-refractivity contribution in [2.45, 2.75) is 6.42 Å². The Balaban J connectivity index is 2.12. The number of rotatable bonds is 1. The minimum Gasteiger partial charge on any atom is -0.384 e. The van der Waals surface area contributed by atoms with E-state index in [1.54, 1.807) is 0 Å². The van der Waals surface area contributed by atoms with Crippen molar-refractivity contribution in [1.29, 1.82) is 0 Å². The number of nitrogens with zero attached hydrogens (tertiary/aromatic N) is 3. The molecule has 2 N–H and O–H groups in total. The van der Waals surface area contributed by atoms with Gasteiger partial charge >= 0.3 is 0 Å². The molecule has 4 nitrogen and oxygen atoms in total. The van der Waals surface area contributed by atoms with Crippen molar-refractivity contribution in [1.82, 2.24) is 9.97 Å². The van der Waals surface area contributed by atoms with Gasteiger partial charge in [0.2, 0.25) is 0 Å². The van der Waals surface area contributed by atoms with Crippen LogP contribution in [0.4, 0.5) is 11.6 Å². The quantitative estimate of drug-likeness (QED) is 0.749. The molecule has 5 heteroatoms. The normalized spacial score (nSPS) is 17.9. The lowest BCUT2D eigenvalue weighted by molar-refractivity contribution is 0.799. The van der Waals surface area contributed by atoms with Gasteiger partial charge in [-0.3, -0.25) is 0 Å². The third-order valence-electron chi connectivity index (χ3n) is 2.22. The fourth-order valence-electron chi connectivity index (χ4n) is 1.51. The van der Waals surface area contributed by atoms with Gasteiger partial charge in [-0.2, -0.15) is 11.8 Å². The molecule has 0 saturated carbocycles. The van der Waals surface area contributed by atoms with Crippen molar-refractivity contribution in [3.05, 3.63) is 12.4 Å². The molecule has 1 saturated heterocycles. The van der Waals surface area contributed by atoms with E-state index in [0.29, 0.717) is 5.82 Å². The monoisotopic (exact) mass is 210 g/mol. The molecular formula is C9H14N4S. The Morgan fingerprint density at radius 3 is 3.07 bits per heavy atom. The second-order valence-corrected chi connectivity index (χ2v) is 4.48. The van der Waals surface area contributed by atoms with Crippen molar-refractivity contribution in [2.75, 3.05) is 35.2 Å². The van der Waals surface area contributed by atoms with E-state index in [2.05, 4.69) is 14.9 Å². The SMILES string of the molecule is Nc1cc(N2CCCSCC2)ncn1. The van der Waals surface area contributed by atoms with Crippen molar-refractivity contribution >= 4 is 23.4 Å². The third kappa shape index (κ3) is 2.29. The van der Waals surface area contributed by atoms with Crippen LogP contribution in [-0.2, 0) is 0 Å². The van der Waals surface area contributed by atoms with Crippen LogP contribution in [0.15, 0.2) is 12.4 Å². The molecule has 0 aromatic carbocycles. The molecule has 2 heterocycles. The van der Waals surface area contributed by atoms with E-state index in [4.69, 9.17) is 5.73 Å². The zero-order valence-electron chi connectivity index (χ0n) is 8.02. The maximum absolute atomic E-state index is 5.62. The minimum absolute atomic E-state index is 0.548. The van der Waals surface area contributed by atoms with Crippen LogP contribution in [0.3, 0.4) is 0 Å². The summed E-state index contributed by atoms with van der Waals surface area (Å²) < 4.78 is 0. The highest BCUT2D eigenvalue weighted by Crippen LogP contribution is 2.17. The Morgan fingerprint density at radius 1 is 1.29 bits per heavy atom. The second kappa shape index (κ2) is 4.50. The van der Waals surface area contributed by atoms with Gasteiger partial charge in [0, 0.05) is 24.9 Å². The average Bonchev–Trinajstić information content (AvgIpc) is 2.45. The standard InChI is InChI=1S/C9H14N4S/c10-8-6-9(12-7-11-8)13-2-1-4-14-5-3-13/h6-7H,1-5H2,(H2,10,11,12). The van der Waals surface area contributed by atoms with E-state index < -0.39 is 0 Å². The van der Waals surface area contributed by atoms with E-state index in [-0.39, 0.29) is 0 Å². The third-order valence-corrected chi connectivity index (χ3v) is 3.27. The van der Waals surface area contributed by atoms with Crippen LogP contribution >= 0.6 is 11.8 Å². The lowest BCUT2D eigenvalue weighted by atomic mass is 10.4. The van der Waals surface area contributed by atoms with E-state index in [1.165, 1.54) is 24.3 Å². The lowest BCUT2D eigenvalue weighted by Gasteiger charge is -2.20. The largest absolute Gasteiger partial charge is 0.384 e. The number of aromatic nitrogens is 2. The molecule has 1 aromatic heterocycles. The number of nitrogen functional groups attached to an aromatic ring is 1. The van der Waals surface area contributed by atoms with Crippen LogP contribution in [0.25, 0.3) is 0 Å². The molecule has 0 amide bonds. The number of anilines is 2. The molecular weight excluding hydrogens is 196 g/mol. The van der Waals surface area contributed by atoms with E-state index in [9.17, 15) is 0 Å². The van der Waals surface area contributed by atoms with Gasteiger partial charge in [0.1, 0.15) is 18.0 Å². The molecule has 0 bridgehead atoms. The van der Waals surface area contributed by atoms with Crippen molar-refractivity contribution < 1.29 is 0 Å². The zero-order valence-corrected chi connectivity index (χ0v) is 8.83. The Bertz CT molecular complexity index is 297. The summed E-state index contributed by atoms with van der Waals surface area (Å²) in [5.41, 5.74) is 5.62. The highest BCUT2D eigenvalue weighted by Gasteiger charge is 2.10. The topological polar surface area (TPSA) is 55.0 Å². The summed E-state index contributed by atoms with van der Waals surface area (Å²) in [5.74, 6) is 3.92. The molecule has 1 fully saturated rings. The van der Waals surface area contributed by atoms with Gasteiger partial charge in [-0.1, -0.05) is 0 Å². The Labute approximate surface area is 87.9 Å². The Hall–Kier alpha value is -0.970. The molecule has 76 valence electrons. The maximum Gasteiger partial charge on any atom is 0.134 e. The predicted molar refractivity (Wildman–Crippen MR) is 60.6 cm³/mol. The van der Waals surface area contributed by atoms with Crippen LogP contribution < -0.4 is 10.6 Å². The van der Waals surface area contributed by atoms with E-state index in [0.717, 1.165) is 18.9 Å². The minimum atomic E-state index is 0.548. The summed E-state index contributed by atoms with van der Waals surface area (Å²) in [6.45, 7) is 2.13. The van der Waals surface area contributed by atoms with Crippen molar-refractivity contribution in [2.24, 2.45) is 0 Å². The maximum atomic E-state index is 5.62. The number of hydrogen-bond donors (Lipinski definition) is 1. The molecule has 0 radical (unpaired) electrons. The molecule has 1 aliphatic heterocycles. The molecule has 2 rings (SSSR count). The van der Waals surface area contributed by atoms with E-state index >= 15 is 0 Å². The van der Waals surface area contributed by atoms with Crippen LogP contribution in [0, 0.1) is 0 Å². The Kier molecular flexibility index (Phi) is 3.08. The molecule has 0 atom stereocenters. The first-order valence-electron chi connectivity index (χ1n) is 4.76. The highest BCUT2D eigenvalue weighted by molar-refractivity contribution is 7.99. The number of nitrogens with two attached hydrogens (primary N) is 1. The first-order chi connectivity index (χ1) is 6.86. The summed E-state index contributed by atoms with van der Waals surface area (Å²) in [6, 6.07) is 1.84. The molecule has 0 unspecified atom stereocenters. The number of thioether (sulfide) groups is 1. The molecule has 1 aromatic rings. The summed E-state index contributed by atoms with van der Waals surface area (Å²) in [6.07, 6.45) is 2.75. The van der Waals surface area contributed by atoms with Crippen LogP contribution in [0.2, 0.25) is 0 Å². The van der Waals surface area contributed by atoms with Crippen LogP contribution in [-0.4, -0.2) is 34.6 Å². The van der Waals surface area contributed by atoms with Crippen molar-refractivity contribution in [3.63, 3.8) is 0 Å². The van der Waals surface area contributed by atoms with Gasteiger partial charge in [0.05, 0.1) is 0 Å². The smallest absolute Gasteiger partial charge is 0.134 e. The van der Waals surface area contributed by atoms with E-state index in [1.807, 2.05) is 17.8 Å². The predicted octanol–water partition coefficient (Wildman–Crippen LogP) is 1.00. The van der Waals surface area contributed by atoms with Gasteiger partial charge < -0.3 is 10.6 Å². The van der Waals surface area contributed by atoms with Gasteiger partial charge in [-0.05, 0) is 12.2 Å². The first kappa shape index (κ1) is 9.58. The summed E-state index contributed by atoms with van der Waals surface area (Å²) in [4.78, 5) is 10.4. The molecule has 0 spiro atoms. The van der Waals surface area contributed by atoms with Crippen LogP contribution in [0.1, 0.15) is 6.42 Å². The van der Waals surface area contributed by atoms with Crippen LogP contribution in [0.5, 0.6) is 0 Å². The highest BCUT2D eigenvalue weighted by atomic mass is 32.2. The summed E-state index contributed by atoms with van der Waals surface area (Å²) >= 11 is 2.00. The van der Waals surface area contributed by atoms with Gasteiger partial charge in [-0.15, -0.1) is 0 Å². The first-order valence-corrected chi connectivity index (χ1v) is 5.92. The van der Waals surface area contributed by atoms with Gasteiger partial charge in [0.15, 0.2) is 0 Å². The fraction of sp³-hybridized carbons (Fsp3) is 0.556. The second-order valence-electron chi connectivity index (χ2n) is 3.25. The zero-order chi connectivity index (χ0) is 9.80. The number of hydrogen-bond acceptors (Lipinski definition) is 5. The Morgan fingerprint density at radius 2 is 2.21 bits per heavy atom. The fourth-order valence-corrected chi connectivity index (χ4v) is 2.40. The van der Waals surface area contributed by atoms with Gasteiger partial charge in [-0.25, -0.2) is 9.97 Å². The molecule has 14 heavy (non-hydrogen) atoms. The summed E-state index contributed by atoms with van der Waals surface area (Å²) in [5, 5.41) is 0. The average molecular weight is 210 g/mol. The lowest BCUT2D eigenvalue weighted by Crippen LogP contribution is -2.26. The van der Waals surface area contributed by atoms with Gasteiger partial charge in [0.25, 0.3) is 0 Å². The van der Waals surface area contributed by atoms with Crippen molar-refractivity contribution in [3.8, 4) is 0 Å². The molecule has 0 aliphatic carbocycles. The summed E-state index contributed by atoms with van der Waals surface area (Å²) in [7, 11) is 0.